The molecule has 0 spiro atoms. The smallest absolute Gasteiger partial charge is 0.265 e. The summed E-state index contributed by atoms with van der Waals surface area (Å²) in [4.78, 5) is 24.5. The van der Waals surface area contributed by atoms with Gasteiger partial charge in [-0.15, -0.1) is 11.3 Å². The molecule has 110 valence electrons. The van der Waals surface area contributed by atoms with Crippen LogP contribution in [0.2, 0.25) is 0 Å². The molecule has 0 aliphatic carbocycles. The summed E-state index contributed by atoms with van der Waals surface area (Å²) < 4.78 is 0. The van der Waals surface area contributed by atoms with E-state index in [2.05, 4.69) is 26.1 Å². The zero-order valence-electron chi connectivity index (χ0n) is 12.7. The SMILES string of the molecule is CC(=O)c1ccc(C(=O)Nc2ccc(C(C)(C)C)cc2)s1. The molecule has 21 heavy (non-hydrogen) atoms. The quantitative estimate of drug-likeness (QED) is 0.848. The molecule has 1 aromatic carbocycles. The van der Waals surface area contributed by atoms with E-state index in [1.165, 1.54) is 23.8 Å². The van der Waals surface area contributed by atoms with Crippen molar-refractivity contribution in [1.29, 1.82) is 0 Å². The molecule has 2 aromatic rings. The van der Waals surface area contributed by atoms with Gasteiger partial charge in [0.15, 0.2) is 5.78 Å². The van der Waals surface area contributed by atoms with E-state index in [-0.39, 0.29) is 17.1 Å². The summed E-state index contributed by atoms with van der Waals surface area (Å²) in [7, 11) is 0. The lowest BCUT2D eigenvalue weighted by Crippen LogP contribution is -2.12. The number of hydrogen-bond donors (Lipinski definition) is 1. The normalized spacial score (nSPS) is 11.2. The lowest BCUT2D eigenvalue weighted by Gasteiger charge is -2.19. The molecule has 0 saturated carbocycles. The highest BCUT2D eigenvalue weighted by molar-refractivity contribution is 7.16. The third kappa shape index (κ3) is 3.79. The van der Waals surface area contributed by atoms with Gasteiger partial charge in [0.05, 0.1) is 9.75 Å². The fourth-order valence-corrected chi connectivity index (χ4v) is 2.69. The van der Waals surface area contributed by atoms with Gasteiger partial charge in [-0.1, -0.05) is 32.9 Å². The number of rotatable bonds is 3. The molecule has 0 saturated heterocycles. The number of hydrogen-bond acceptors (Lipinski definition) is 3. The maximum atomic E-state index is 12.1. The Morgan fingerprint density at radius 2 is 1.52 bits per heavy atom. The summed E-state index contributed by atoms with van der Waals surface area (Å²) in [6.45, 7) is 7.94. The molecule has 0 atom stereocenters. The summed E-state index contributed by atoms with van der Waals surface area (Å²) >= 11 is 1.21. The Hall–Kier alpha value is -1.94. The van der Waals surface area contributed by atoms with Gasteiger partial charge in [-0.25, -0.2) is 0 Å². The number of amides is 1. The van der Waals surface area contributed by atoms with Crippen molar-refractivity contribution in [2.24, 2.45) is 0 Å². The van der Waals surface area contributed by atoms with Crippen molar-refractivity contribution in [3.8, 4) is 0 Å². The van der Waals surface area contributed by atoms with Crippen molar-refractivity contribution in [1.82, 2.24) is 0 Å². The molecule has 0 bridgehead atoms. The molecule has 0 aliphatic rings. The van der Waals surface area contributed by atoms with Gasteiger partial charge in [0, 0.05) is 5.69 Å². The highest BCUT2D eigenvalue weighted by atomic mass is 32.1. The standard InChI is InChI=1S/C17H19NO2S/c1-11(19)14-9-10-15(21-14)16(20)18-13-7-5-12(6-8-13)17(2,3)4/h5-10H,1-4H3,(H,18,20). The van der Waals surface area contributed by atoms with Gasteiger partial charge in [0.2, 0.25) is 0 Å². The molecule has 0 fully saturated rings. The van der Waals surface area contributed by atoms with E-state index in [0.717, 1.165) is 5.69 Å². The molecule has 1 amide bonds. The lowest BCUT2D eigenvalue weighted by molar-refractivity contribution is 0.101. The van der Waals surface area contributed by atoms with E-state index < -0.39 is 0 Å². The van der Waals surface area contributed by atoms with Gasteiger partial charge in [-0.05, 0) is 42.2 Å². The van der Waals surface area contributed by atoms with Crippen LogP contribution in [-0.2, 0) is 5.41 Å². The van der Waals surface area contributed by atoms with Crippen LogP contribution in [0.1, 0.15) is 52.6 Å². The Morgan fingerprint density at radius 1 is 0.952 bits per heavy atom. The summed E-state index contributed by atoms with van der Waals surface area (Å²) in [5, 5.41) is 2.85. The van der Waals surface area contributed by atoms with Gasteiger partial charge in [0.25, 0.3) is 5.91 Å². The lowest BCUT2D eigenvalue weighted by atomic mass is 9.87. The monoisotopic (exact) mass is 301 g/mol. The summed E-state index contributed by atoms with van der Waals surface area (Å²) in [6.07, 6.45) is 0. The number of benzene rings is 1. The maximum Gasteiger partial charge on any atom is 0.265 e. The van der Waals surface area contributed by atoms with Crippen molar-refractivity contribution in [3.63, 3.8) is 0 Å². The maximum absolute atomic E-state index is 12.1. The van der Waals surface area contributed by atoms with E-state index in [1.54, 1.807) is 12.1 Å². The molecular formula is C17H19NO2S. The molecule has 3 nitrogen and oxygen atoms in total. The van der Waals surface area contributed by atoms with Gasteiger partial charge < -0.3 is 5.32 Å². The van der Waals surface area contributed by atoms with Crippen LogP contribution in [0.5, 0.6) is 0 Å². The van der Waals surface area contributed by atoms with Gasteiger partial charge >= 0.3 is 0 Å². The predicted octanol–water partition coefficient (Wildman–Crippen LogP) is 4.50. The largest absolute Gasteiger partial charge is 0.321 e. The summed E-state index contributed by atoms with van der Waals surface area (Å²) in [6, 6.07) is 11.2. The molecule has 4 heteroatoms. The van der Waals surface area contributed by atoms with Crippen LogP contribution in [0, 0.1) is 0 Å². The van der Waals surface area contributed by atoms with Crippen LogP contribution in [-0.4, -0.2) is 11.7 Å². The van der Waals surface area contributed by atoms with Crippen molar-refractivity contribution in [3.05, 3.63) is 51.7 Å². The molecule has 1 heterocycles. The van der Waals surface area contributed by atoms with Gasteiger partial charge in [0.1, 0.15) is 0 Å². The molecule has 0 radical (unpaired) electrons. The Morgan fingerprint density at radius 3 is 2.00 bits per heavy atom. The number of Topliss-reactive ketones (excluding diaryl/α,β-unsaturated/α-hetero) is 1. The highest BCUT2D eigenvalue weighted by Gasteiger charge is 2.14. The van der Waals surface area contributed by atoms with Crippen molar-refractivity contribution >= 4 is 28.7 Å². The van der Waals surface area contributed by atoms with Gasteiger partial charge in [-0.2, -0.15) is 0 Å². The molecule has 2 rings (SSSR count). The second kappa shape index (κ2) is 5.82. The molecule has 0 aliphatic heterocycles. The average molecular weight is 301 g/mol. The number of anilines is 1. The zero-order chi connectivity index (χ0) is 15.6. The van der Waals surface area contributed by atoms with E-state index in [1.807, 2.05) is 24.3 Å². The fourth-order valence-electron chi connectivity index (χ4n) is 1.90. The van der Waals surface area contributed by atoms with E-state index in [9.17, 15) is 9.59 Å². The second-order valence-corrected chi connectivity index (χ2v) is 7.09. The Labute approximate surface area is 129 Å². The Balaban J connectivity index is 2.10. The first-order valence-corrected chi connectivity index (χ1v) is 7.62. The second-order valence-electron chi connectivity index (χ2n) is 6.00. The van der Waals surface area contributed by atoms with Crippen LogP contribution in [0.3, 0.4) is 0 Å². The topological polar surface area (TPSA) is 46.2 Å². The predicted molar refractivity (Wildman–Crippen MR) is 87.4 cm³/mol. The molecule has 1 aromatic heterocycles. The number of thiophene rings is 1. The summed E-state index contributed by atoms with van der Waals surface area (Å²) in [5.74, 6) is -0.204. The molecule has 0 unspecified atom stereocenters. The Kier molecular flexibility index (Phi) is 4.28. The minimum atomic E-state index is -0.184. The van der Waals surface area contributed by atoms with Crippen LogP contribution in [0.15, 0.2) is 36.4 Å². The van der Waals surface area contributed by atoms with Crippen molar-refractivity contribution in [2.45, 2.75) is 33.1 Å². The van der Waals surface area contributed by atoms with Crippen LogP contribution < -0.4 is 5.32 Å². The minimum Gasteiger partial charge on any atom is -0.321 e. The van der Waals surface area contributed by atoms with Crippen LogP contribution >= 0.6 is 11.3 Å². The van der Waals surface area contributed by atoms with Gasteiger partial charge in [-0.3, -0.25) is 9.59 Å². The van der Waals surface area contributed by atoms with Crippen molar-refractivity contribution in [2.75, 3.05) is 5.32 Å². The first-order valence-electron chi connectivity index (χ1n) is 6.80. The van der Waals surface area contributed by atoms with Crippen LogP contribution in [0.25, 0.3) is 0 Å². The van der Waals surface area contributed by atoms with E-state index in [4.69, 9.17) is 0 Å². The molecular weight excluding hydrogens is 282 g/mol. The van der Waals surface area contributed by atoms with Crippen molar-refractivity contribution < 1.29 is 9.59 Å². The Bertz CT molecular complexity index is 663. The van der Waals surface area contributed by atoms with E-state index in [0.29, 0.717) is 9.75 Å². The first-order chi connectivity index (χ1) is 9.77. The summed E-state index contributed by atoms with van der Waals surface area (Å²) in [5.41, 5.74) is 2.06. The fraction of sp³-hybridized carbons (Fsp3) is 0.294. The number of nitrogens with one attached hydrogen (secondary N) is 1. The average Bonchev–Trinajstić information content (AvgIpc) is 2.88. The third-order valence-corrected chi connectivity index (χ3v) is 4.37. The van der Waals surface area contributed by atoms with Crippen LogP contribution in [0.4, 0.5) is 5.69 Å². The number of carbonyl (C=O) groups excluding carboxylic acids is 2. The zero-order valence-corrected chi connectivity index (χ0v) is 13.5. The number of ketones is 1. The first kappa shape index (κ1) is 15.4. The molecule has 1 N–H and O–H groups in total. The minimum absolute atomic E-state index is 0.0198. The third-order valence-electron chi connectivity index (χ3n) is 3.19. The van der Waals surface area contributed by atoms with E-state index >= 15 is 0 Å². The highest BCUT2D eigenvalue weighted by Crippen LogP contribution is 2.24. The number of carbonyl (C=O) groups is 2.